The molecule has 0 aromatic rings. The van der Waals surface area contributed by atoms with Crippen LogP contribution in [0.25, 0.3) is 0 Å². The maximum Gasteiger partial charge on any atom is 0.317 e. The maximum absolute atomic E-state index is 12.2. The molecule has 2 amide bonds. The molecule has 1 unspecified atom stereocenters. The van der Waals surface area contributed by atoms with Crippen molar-refractivity contribution < 1.29 is 14.7 Å². The highest BCUT2D eigenvalue weighted by Gasteiger charge is 2.41. The molecule has 0 spiro atoms. The summed E-state index contributed by atoms with van der Waals surface area (Å²) in [6.07, 6.45) is 3.63. The molecular weight excluding hydrogens is 268 g/mol. The number of carbonyl (C=O) groups excluding carboxylic acids is 1. The van der Waals surface area contributed by atoms with Gasteiger partial charge in [0.2, 0.25) is 0 Å². The lowest BCUT2D eigenvalue weighted by Crippen LogP contribution is -2.51. The van der Waals surface area contributed by atoms with Crippen LogP contribution in [0.4, 0.5) is 4.79 Å². The van der Waals surface area contributed by atoms with Gasteiger partial charge in [-0.25, -0.2) is 4.79 Å². The molecule has 0 aromatic heterocycles. The second-order valence-corrected chi connectivity index (χ2v) is 6.80. The van der Waals surface area contributed by atoms with Crippen molar-refractivity contribution in [1.82, 2.24) is 10.2 Å². The van der Waals surface area contributed by atoms with E-state index in [1.54, 1.807) is 4.90 Å². The van der Waals surface area contributed by atoms with Crippen LogP contribution in [0.2, 0.25) is 0 Å². The highest BCUT2D eigenvalue weighted by molar-refractivity contribution is 5.77. The molecule has 21 heavy (non-hydrogen) atoms. The summed E-state index contributed by atoms with van der Waals surface area (Å²) in [6.45, 7) is 9.36. The number of amides is 2. The van der Waals surface area contributed by atoms with E-state index < -0.39 is 11.4 Å². The summed E-state index contributed by atoms with van der Waals surface area (Å²) in [7, 11) is 0. The van der Waals surface area contributed by atoms with Crippen molar-refractivity contribution in [2.75, 3.05) is 13.1 Å². The van der Waals surface area contributed by atoms with Gasteiger partial charge in [-0.05, 0) is 38.5 Å². The number of carboxylic acid groups (broad SMARTS) is 1. The molecule has 1 rings (SSSR count). The zero-order valence-corrected chi connectivity index (χ0v) is 13.8. The summed E-state index contributed by atoms with van der Waals surface area (Å²) >= 11 is 0. The minimum Gasteiger partial charge on any atom is -0.481 e. The number of carboxylic acids is 1. The van der Waals surface area contributed by atoms with Crippen LogP contribution >= 0.6 is 0 Å². The van der Waals surface area contributed by atoms with E-state index in [9.17, 15) is 14.7 Å². The van der Waals surface area contributed by atoms with E-state index in [0.717, 1.165) is 12.8 Å². The van der Waals surface area contributed by atoms with Crippen LogP contribution in [0.5, 0.6) is 0 Å². The van der Waals surface area contributed by atoms with Crippen molar-refractivity contribution in [3.63, 3.8) is 0 Å². The van der Waals surface area contributed by atoms with Crippen molar-refractivity contribution in [3.05, 3.63) is 0 Å². The smallest absolute Gasteiger partial charge is 0.317 e. The van der Waals surface area contributed by atoms with Gasteiger partial charge in [-0.3, -0.25) is 4.79 Å². The van der Waals surface area contributed by atoms with Gasteiger partial charge < -0.3 is 15.3 Å². The van der Waals surface area contributed by atoms with Gasteiger partial charge >= 0.3 is 12.0 Å². The predicted octanol–water partition coefficient (Wildman–Crippen LogP) is 3.10. The van der Waals surface area contributed by atoms with Crippen molar-refractivity contribution >= 4 is 12.0 Å². The molecule has 0 aromatic carbocycles. The number of urea groups is 1. The Morgan fingerprint density at radius 1 is 1.24 bits per heavy atom. The summed E-state index contributed by atoms with van der Waals surface area (Å²) in [4.78, 5) is 25.5. The molecule has 2 N–H and O–H groups in total. The Kier molecular flexibility index (Phi) is 6.49. The lowest BCUT2D eigenvalue weighted by atomic mass is 9.75. The molecule has 0 aliphatic carbocycles. The maximum atomic E-state index is 12.2. The van der Waals surface area contributed by atoms with Gasteiger partial charge in [0.05, 0.1) is 5.41 Å². The molecule has 5 heteroatoms. The molecule has 0 saturated carbocycles. The van der Waals surface area contributed by atoms with Crippen LogP contribution in [-0.2, 0) is 4.79 Å². The topological polar surface area (TPSA) is 69.6 Å². The van der Waals surface area contributed by atoms with Gasteiger partial charge in [0.1, 0.15) is 0 Å². The summed E-state index contributed by atoms with van der Waals surface area (Å²) in [6, 6.07) is 0.0953. The Hall–Kier alpha value is -1.26. The number of piperidine rings is 1. The number of hydrogen-bond donors (Lipinski definition) is 2. The van der Waals surface area contributed by atoms with Crippen LogP contribution in [0, 0.1) is 11.3 Å². The number of nitrogens with zero attached hydrogens (tertiary/aromatic N) is 1. The number of aliphatic carboxylic acids is 1. The molecule has 1 aliphatic rings. The van der Waals surface area contributed by atoms with Crippen LogP contribution in [0.1, 0.15) is 59.8 Å². The monoisotopic (exact) mass is 298 g/mol. The Morgan fingerprint density at radius 3 is 2.24 bits per heavy atom. The third kappa shape index (κ3) is 4.90. The van der Waals surface area contributed by atoms with Crippen LogP contribution in [0.15, 0.2) is 0 Å². The first kappa shape index (κ1) is 17.8. The van der Waals surface area contributed by atoms with Crippen molar-refractivity contribution in [2.24, 2.45) is 11.3 Å². The van der Waals surface area contributed by atoms with E-state index >= 15 is 0 Å². The minimum absolute atomic E-state index is 0.0568. The zero-order valence-electron chi connectivity index (χ0n) is 13.8. The highest BCUT2D eigenvalue weighted by Crippen LogP contribution is 2.36. The Morgan fingerprint density at radius 2 is 1.81 bits per heavy atom. The quantitative estimate of drug-likeness (QED) is 0.791. The van der Waals surface area contributed by atoms with E-state index in [0.29, 0.717) is 38.3 Å². The molecule has 1 aliphatic heterocycles. The van der Waals surface area contributed by atoms with Crippen LogP contribution < -0.4 is 5.32 Å². The molecule has 5 nitrogen and oxygen atoms in total. The third-order valence-corrected chi connectivity index (χ3v) is 4.38. The van der Waals surface area contributed by atoms with Gasteiger partial charge in [0, 0.05) is 19.1 Å². The Bertz CT molecular complexity index is 361. The van der Waals surface area contributed by atoms with Crippen LogP contribution in [-0.4, -0.2) is 41.1 Å². The molecule has 1 fully saturated rings. The molecule has 0 bridgehead atoms. The van der Waals surface area contributed by atoms with Crippen molar-refractivity contribution in [1.29, 1.82) is 0 Å². The van der Waals surface area contributed by atoms with E-state index in [1.165, 1.54) is 0 Å². The Labute approximate surface area is 128 Å². The van der Waals surface area contributed by atoms with Crippen molar-refractivity contribution in [2.45, 2.75) is 65.8 Å². The first-order valence-electron chi connectivity index (χ1n) is 8.09. The second-order valence-electron chi connectivity index (χ2n) is 6.80. The van der Waals surface area contributed by atoms with Gasteiger partial charge in [-0.15, -0.1) is 0 Å². The first-order valence-corrected chi connectivity index (χ1v) is 8.09. The number of rotatable bonds is 6. The second kappa shape index (κ2) is 7.66. The average molecular weight is 298 g/mol. The fourth-order valence-corrected chi connectivity index (χ4v) is 3.26. The van der Waals surface area contributed by atoms with Crippen molar-refractivity contribution in [3.8, 4) is 0 Å². The molecule has 122 valence electrons. The van der Waals surface area contributed by atoms with E-state index in [2.05, 4.69) is 19.2 Å². The number of likely N-dealkylation sites (tertiary alicyclic amines) is 1. The summed E-state index contributed by atoms with van der Waals surface area (Å²) < 4.78 is 0. The number of carbonyl (C=O) groups is 2. The average Bonchev–Trinajstić information content (AvgIpc) is 2.38. The number of nitrogens with one attached hydrogen (secondary N) is 1. The fraction of sp³-hybridized carbons (Fsp3) is 0.875. The van der Waals surface area contributed by atoms with E-state index in [-0.39, 0.29) is 12.1 Å². The normalized spacial score (nSPS) is 19.4. The molecule has 0 radical (unpaired) electrons. The van der Waals surface area contributed by atoms with E-state index in [4.69, 9.17) is 0 Å². The van der Waals surface area contributed by atoms with Gasteiger partial charge in [0.25, 0.3) is 0 Å². The van der Waals surface area contributed by atoms with Gasteiger partial charge in [0.15, 0.2) is 0 Å². The summed E-state index contributed by atoms with van der Waals surface area (Å²) in [5, 5.41) is 12.5. The fourth-order valence-electron chi connectivity index (χ4n) is 3.26. The molecule has 1 heterocycles. The molecule has 1 atom stereocenters. The standard InChI is InChI=1S/C16H30N2O3/c1-5-6-16(14(19)20)7-9-18(10-8-16)15(21)17-13(4)11-12(2)3/h12-13H,5-11H2,1-4H3,(H,17,21)(H,19,20). The third-order valence-electron chi connectivity index (χ3n) is 4.38. The largest absolute Gasteiger partial charge is 0.481 e. The van der Waals surface area contributed by atoms with Gasteiger partial charge in [-0.2, -0.15) is 0 Å². The van der Waals surface area contributed by atoms with Gasteiger partial charge in [-0.1, -0.05) is 27.2 Å². The first-order chi connectivity index (χ1) is 9.80. The lowest BCUT2D eigenvalue weighted by molar-refractivity contribution is -0.152. The summed E-state index contributed by atoms with van der Waals surface area (Å²) in [5.41, 5.74) is -0.630. The van der Waals surface area contributed by atoms with Crippen LogP contribution in [0.3, 0.4) is 0 Å². The minimum atomic E-state index is -0.711. The summed E-state index contributed by atoms with van der Waals surface area (Å²) in [5.74, 6) is -0.163. The molecular formula is C16H30N2O3. The Balaban J connectivity index is 2.51. The number of hydrogen-bond acceptors (Lipinski definition) is 2. The molecule has 1 saturated heterocycles. The predicted molar refractivity (Wildman–Crippen MR) is 83.2 cm³/mol. The lowest BCUT2D eigenvalue weighted by Gasteiger charge is -2.39. The highest BCUT2D eigenvalue weighted by atomic mass is 16.4. The van der Waals surface area contributed by atoms with E-state index in [1.807, 2.05) is 13.8 Å². The SMILES string of the molecule is CCCC1(C(=O)O)CCN(C(=O)NC(C)CC(C)C)CC1. The zero-order chi connectivity index (χ0) is 16.0.